The van der Waals surface area contributed by atoms with Gasteiger partial charge in [0, 0.05) is 12.6 Å². The van der Waals surface area contributed by atoms with Crippen molar-refractivity contribution < 1.29 is 4.74 Å². The van der Waals surface area contributed by atoms with Gasteiger partial charge in [-0.2, -0.15) is 0 Å². The van der Waals surface area contributed by atoms with Crippen LogP contribution < -0.4 is 10.5 Å². The van der Waals surface area contributed by atoms with Gasteiger partial charge in [-0.15, -0.1) is 0 Å². The molecule has 88 valence electrons. The predicted octanol–water partition coefficient (Wildman–Crippen LogP) is 3.40. The van der Waals surface area contributed by atoms with Crippen molar-refractivity contribution in [3.63, 3.8) is 0 Å². The number of pyridine rings is 1. The summed E-state index contributed by atoms with van der Waals surface area (Å²) in [4.78, 5) is 4.28. The van der Waals surface area contributed by atoms with Crippen LogP contribution in [0.4, 0.5) is 0 Å². The van der Waals surface area contributed by atoms with Crippen LogP contribution >= 0.6 is 15.9 Å². The minimum atomic E-state index is 0.409. The summed E-state index contributed by atoms with van der Waals surface area (Å²) >= 11 is 3.46. The van der Waals surface area contributed by atoms with Gasteiger partial charge in [-0.25, -0.2) is 4.98 Å². The highest BCUT2D eigenvalue weighted by Gasteiger charge is 2.04. The number of hydrogen-bond acceptors (Lipinski definition) is 3. The van der Waals surface area contributed by atoms with Gasteiger partial charge >= 0.3 is 0 Å². The van der Waals surface area contributed by atoms with Crippen molar-refractivity contribution in [3.8, 4) is 11.6 Å². The van der Waals surface area contributed by atoms with Crippen molar-refractivity contribution in [1.29, 1.82) is 0 Å². The zero-order chi connectivity index (χ0) is 12.3. The summed E-state index contributed by atoms with van der Waals surface area (Å²) in [6.45, 7) is 2.44. The molecular weight excluding hydrogens is 280 g/mol. The second-order valence-electron chi connectivity index (χ2n) is 3.71. The van der Waals surface area contributed by atoms with Crippen molar-refractivity contribution >= 4 is 15.9 Å². The molecule has 0 bridgehead atoms. The Bertz CT molecular complexity index is 529. The van der Waals surface area contributed by atoms with Gasteiger partial charge in [0.2, 0.25) is 5.88 Å². The molecule has 3 nitrogen and oxygen atoms in total. The summed E-state index contributed by atoms with van der Waals surface area (Å²) < 4.78 is 6.61. The Balaban J connectivity index is 2.25. The quantitative estimate of drug-likeness (QED) is 0.943. The van der Waals surface area contributed by atoms with Gasteiger partial charge in [0.15, 0.2) is 0 Å². The predicted molar refractivity (Wildman–Crippen MR) is 71.1 cm³/mol. The molecule has 0 saturated heterocycles. The fourth-order valence-electron chi connectivity index (χ4n) is 1.43. The lowest BCUT2D eigenvalue weighted by atomic mass is 10.2. The lowest BCUT2D eigenvalue weighted by Crippen LogP contribution is -2.00. The molecule has 2 N–H and O–H groups in total. The molecule has 0 saturated carbocycles. The van der Waals surface area contributed by atoms with Gasteiger partial charge in [-0.3, -0.25) is 0 Å². The summed E-state index contributed by atoms with van der Waals surface area (Å²) in [7, 11) is 0. The normalized spacial score (nSPS) is 10.3. The number of aryl methyl sites for hydroxylation is 1. The second kappa shape index (κ2) is 5.29. The number of benzene rings is 1. The molecule has 0 unspecified atom stereocenters. The van der Waals surface area contributed by atoms with E-state index >= 15 is 0 Å². The SMILES string of the molecule is Cc1ccc(Oc2cccc(CN)n2)c(Br)c1. The maximum absolute atomic E-state index is 5.69. The molecule has 0 aliphatic carbocycles. The fraction of sp³-hybridized carbons (Fsp3) is 0.154. The molecule has 1 aromatic carbocycles. The Morgan fingerprint density at radius 3 is 2.82 bits per heavy atom. The number of nitrogens with zero attached hydrogens (tertiary/aromatic N) is 1. The molecule has 1 aromatic heterocycles. The summed E-state index contributed by atoms with van der Waals surface area (Å²) in [6, 6.07) is 11.5. The van der Waals surface area contributed by atoms with E-state index < -0.39 is 0 Å². The summed E-state index contributed by atoms with van der Waals surface area (Å²) in [6.07, 6.45) is 0. The van der Waals surface area contributed by atoms with Gasteiger partial charge in [0.25, 0.3) is 0 Å². The third-order valence-corrected chi connectivity index (χ3v) is 2.91. The Morgan fingerprint density at radius 2 is 2.12 bits per heavy atom. The molecule has 17 heavy (non-hydrogen) atoms. The lowest BCUT2D eigenvalue weighted by molar-refractivity contribution is 0.458. The summed E-state index contributed by atoms with van der Waals surface area (Å²) in [5, 5.41) is 0. The van der Waals surface area contributed by atoms with Crippen LogP contribution in [-0.2, 0) is 6.54 Å². The topological polar surface area (TPSA) is 48.1 Å². The molecule has 0 atom stereocenters. The number of aromatic nitrogens is 1. The van der Waals surface area contributed by atoms with Gasteiger partial charge in [-0.1, -0.05) is 12.1 Å². The van der Waals surface area contributed by atoms with Gasteiger partial charge < -0.3 is 10.5 Å². The standard InChI is InChI=1S/C13H13BrN2O/c1-9-5-6-12(11(14)7-9)17-13-4-2-3-10(8-15)16-13/h2-7H,8,15H2,1H3. The number of hydrogen-bond donors (Lipinski definition) is 1. The van der Waals surface area contributed by atoms with Crippen LogP contribution in [0.1, 0.15) is 11.3 Å². The molecule has 0 radical (unpaired) electrons. The Labute approximate surface area is 109 Å². The molecule has 1 heterocycles. The van der Waals surface area contributed by atoms with E-state index in [1.165, 1.54) is 5.56 Å². The number of halogens is 1. The van der Waals surface area contributed by atoms with E-state index in [0.717, 1.165) is 15.9 Å². The van der Waals surface area contributed by atoms with E-state index in [9.17, 15) is 0 Å². The zero-order valence-corrected chi connectivity index (χ0v) is 11.1. The van der Waals surface area contributed by atoms with Gasteiger partial charge in [0.1, 0.15) is 5.75 Å². The molecule has 0 fully saturated rings. The van der Waals surface area contributed by atoms with Crippen LogP contribution in [0.2, 0.25) is 0 Å². The van der Waals surface area contributed by atoms with Crippen LogP contribution in [0.15, 0.2) is 40.9 Å². The molecule has 0 amide bonds. The first-order valence-electron chi connectivity index (χ1n) is 5.29. The van der Waals surface area contributed by atoms with Crippen LogP contribution in [0.25, 0.3) is 0 Å². The third-order valence-electron chi connectivity index (χ3n) is 2.29. The fourth-order valence-corrected chi connectivity index (χ4v) is 2.00. The largest absolute Gasteiger partial charge is 0.438 e. The average Bonchev–Trinajstić information content (AvgIpc) is 2.33. The summed E-state index contributed by atoms with van der Waals surface area (Å²) in [5.41, 5.74) is 7.52. The maximum Gasteiger partial charge on any atom is 0.219 e. The second-order valence-corrected chi connectivity index (χ2v) is 4.56. The van der Waals surface area contributed by atoms with E-state index in [4.69, 9.17) is 10.5 Å². The van der Waals surface area contributed by atoms with Crippen LogP contribution in [0.3, 0.4) is 0 Å². The van der Waals surface area contributed by atoms with Crippen molar-refractivity contribution in [1.82, 2.24) is 4.98 Å². The van der Waals surface area contributed by atoms with Crippen molar-refractivity contribution in [3.05, 3.63) is 52.1 Å². The smallest absolute Gasteiger partial charge is 0.219 e. The van der Waals surface area contributed by atoms with Gasteiger partial charge in [0.05, 0.1) is 10.2 Å². The molecule has 2 rings (SSSR count). The van der Waals surface area contributed by atoms with Crippen molar-refractivity contribution in [2.45, 2.75) is 13.5 Å². The summed E-state index contributed by atoms with van der Waals surface area (Å²) in [5.74, 6) is 1.30. The Hall–Kier alpha value is -1.39. The van der Waals surface area contributed by atoms with Crippen molar-refractivity contribution in [2.75, 3.05) is 0 Å². The van der Waals surface area contributed by atoms with E-state index in [0.29, 0.717) is 12.4 Å². The Kier molecular flexibility index (Phi) is 3.76. The molecule has 0 aliphatic rings. The van der Waals surface area contributed by atoms with Gasteiger partial charge in [-0.05, 0) is 46.6 Å². The third kappa shape index (κ3) is 3.05. The molecular formula is C13H13BrN2O. The first kappa shape index (κ1) is 12.1. The highest BCUT2D eigenvalue weighted by atomic mass is 79.9. The average molecular weight is 293 g/mol. The molecule has 2 aromatic rings. The molecule has 4 heteroatoms. The number of ether oxygens (including phenoxy) is 1. The van der Waals surface area contributed by atoms with E-state index in [-0.39, 0.29) is 0 Å². The first-order chi connectivity index (χ1) is 8.19. The van der Waals surface area contributed by atoms with E-state index in [1.54, 1.807) is 0 Å². The highest BCUT2D eigenvalue weighted by Crippen LogP contribution is 2.29. The number of nitrogens with two attached hydrogens (primary N) is 1. The molecule has 0 spiro atoms. The Morgan fingerprint density at radius 1 is 1.29 bits per heavy atom. The van der Waals surface area contributed by atoms with E-state index in [1.807, 2.05) is 43.3 Å². The lowest BCUT2D eigenvalue weighted by Gasteiger charge is -2.08. The number of rotatable bonds is 3. The van der Waals surface area contributed by atoms with Crippen LogP contribution in [0, 0.1) is 6.92 Å². The molecule has 0 aliphatic heterocycles. The van der Waals surface area contributed by atoms with Crippen molar-refractivity contribution in [2.24, 2.45) is 5.73 Å². The zero-order valence-electron chi connectivity index (χ0n) is 9.48. The van der Waals surface area contributed by atoms with E-state index in [2.05, 4.69) is 20.9 Å². The van der Waals surface area contributed by atoms with Crippen LogP contribution in [-0.4, -0.2) is 4.98 Å². The monoisotopic (exact) mass is 292 g/mol. The van der Waals surface area contributed by atoms with Crippen LogP contribution in [0.5, 0.6) is 11.6 Å². The maximum atomic E-state index is 5.69. The minimum Gasteiger partial charge on any atom is -0.438 e. The highest BCUT2D eigenvalue weighted by molar-refractivity contribution is 9.10. The first-order valence-corrected chi connectivity index (χ1v) is 6.08. The minimum absolute atomic E-state index is 0.409.